The molecule has 0 unspecified atom stereocenters. The van der Waals surface area contributed by atoms with Gasteiger partial charge >= 0.3 is 0 Å². The molecule has 0 aromatic heterocycles. The third kappa shape index (κ3) is 6.14. The molecule has 0 saturated carbocycles. The summed E-state index contributed by atoms with van der Waals surface area (Å²) in [7, 11) is 1.35. The zero-order valence-corrected chi connectivity index (χ0v) is 28.0. The van der Waals surface area contributed by atoms with Crippen molar-refractivity contribution in [3.63, 3.8) is 0 Å². The van der Waals surface area contributed by atoms with Crippen LogP contribution in [0.4, 0.5) is 5.69 Å². The van der Waals surface area contributed by atoms with Gasteiger partial charge in [-0.05, 0) is 31.5 Å². The molecule has 1 saturated heterocycles. The van der Waals surface area contributed by atoms with E-state index >= 15 is 0 Å². The van der Waals surface area contributed by atoms with E-state index in [-0.39, 0.29) is 65.7 Å². The maximum atomic E-state index is 13.8. The number of hydrogen-bond donors (Lipinski definition) is 6. The molecule has 3 aromatic rings. The third-order valence-corrected chi connectivity index (χ3v) is 9.36. The van der Waals surface area contributed by atoms with Crippen LogP contribution in [0, 0.1) is 0 Å². The number of anilines is 1. The number of carbonyl (C=O) groups is 3. The van der Waals surface area contributed by atoms with E-state index in [1.807, 2.05) is 18.2 Å². The molecular formula is C34H38Cl2N2O10. The summed E-state index contributed by atoms with van der Waals surface area (Å²) in [5, 5.41) is 48.9. The van der Waals surface area contributed by atoms with Crippen LogP contribution in [0.3, 0.4) is 0 Å². The number of hydrogen-bond acceptors (Lipinski definition) is 12. The van der Waals surface area contributed by atoms with Gasteiger partial charge in [-0.3, -0.25) is 14.4 Å². The molecule has 0 radical (unpaired) electrons. The molecular weight excluding hydrogens is 667 g/mol. The van der Waals surface area contributed by atoms with E-state index in [2.05, 4.69) is 5.32 Å². The van der Waals surface area contributed by atoms with E-state index in [1.165, 1.54) is 32.2 Å². The molecule has 12 nitrogen and oxygen atoms in total. The van der Waals surface area contributed by atoms with Crippen molar-refractivity contribution in [3.05, 3.63) is 81.4 Å². The number of fused-ring (bicyclic) bond motifs is 3. The lowest BCUT2D eigenvalue weighted by Gasteiger charge is -2.43. The number of nitrogens with one attached hydrogen (secondary N) is 1. The summed E-state index contributed by atoms with van der Waals surface area (Å²) in [4.78, 5) is 40.2. The summed E-state index contributed by atoms with van der Waals surface area (Å²) in [6, 6.07) is 11.3. The summed E-state index contributed by atoms with van der Waals surface area (Å²) in [5.41, 5.74) is 4.43. The lowest BCUT2D eigenvalue weighted by molar-refractivity contribution is -0.249. The van der Waals surface area contributed by atoms with Gasteiger partial charge in [0.25, 0.3) is 0 Å². The fraction of sp³-hybridized carbons (Fsp3) is 0.382. The normalized spacial score (nSPS) is 25.9. The third-order valence-electron chi connectivity index (χ3n) is 9.36. The van der Waals surface area contributed by atoms with Crippen molar-refractivity contribution in [1.29, 1.82) is 0 Å². The number of methoxy groups -OCH3 is 1. The molecule has 6 atom stereocenters. The van der Waals surface area contributed by atoms with E-state index in [1.54, 1.807) is 13.0 Å². The van der Waals surface area contributed by atoms with Gasteiger partial charge in [-0.25, -0.2) is 0 Å². The first kappa shape index (κ1) is 37.1. The van der Waals surface area contributed by atoms with Crippen molar-refractivity contribution in [2.45, 2.75) is 75.9 Å². The molecule has 1 aliphatic heterocycles. The Bertz CT molecular complexity index is 1770. The molecule has 0 amide bonds. The number of rotatable bonds is 7. The highest BCUT2D eigenvalue weighted by molar-refractivity contribution is 6.31. The van der Waals surface area contributed by atoms with Crippen molar-refractivity contribution < 1.29 is 49.0 Å². The molecule has 7 N–H and O–H groups in total. The molecule has 3 aromatic carbocycles. The van der Waals surface area contributed by atoms with Crippen LogP contribution >= 0.6 is 24.8 Å². The largest absolute Gasteiger partial charge is 0.507 e. The van der Waals surface area contributed by atoms with Crippen molar-refractivity contribution in [2.75, 3.05) is 12.8 Å². The van der Waals surface area contributed by atoms with Crippen molar-refractivity contribution in [2.24, 2.45) is 0 Å². The number of ether oxygens (including phenoxy) is 3. The molecule has 1 heterocycles. The SMILES string of the molecule is COc1cccc2c1C(=O)c1c(O)c3c(c(O)c1C2=O)C[C@@](O)(C(C)=O)C[C@@H]3O[C@H]1C[C@H](NCc2ccccc2N)[C@H](O)[C@H](C)O1.Cl.Cl. The minimum absolute atomic E-state index is 0. The van der Waals surface area contributed by atoms with E-state index in [0.29, 0.717) is 12.2 Å². The summed E-state index contributed by atoms with van der Waals surface area (Å²) < 4.78 is 17.6. The second-order valence-corrected chi connectivity index (χ2v) is 12.2. The first-order chi connectivity index (χ1) is 21.9. The summed E-state index contributed by atoms with van der Waals surface area (Å²) in [6.07, 6.45) is -4.52. The maximum absolute atomic E-state index is 13.8. The lowest BCUT2D eigenvalue weighted by Crippen LogP contribution is -2.54. The van der Waals surface area contributed by atoms with Crippen LogP contribution in [0.1, 0.15) is 81.3 Å². The van der Waals surface area contributed by atoms with E-state index in [9.17, 15) is 34.8 Å². The second kappa shape index (κ2) is 14.0. The van der Waals surface area contributed by atoms with Gasteiger partial charge < -0.3 is 45.7 Å². The van der Waals surface area contributed by atoms with Gasteiger partial charge in [-0.1, -0.05) is 30.3 Å². The Hall–Kier alpha value is -3.75. The number of nitrogen functional groups attached to an aromatic ring is 1. The van der Waals surface area contributed by atoms with Gasteiger partial charge in [0, 0.05) is 54.2 Å². The molecule has 0 bridgehead atoms. The van der Waals surface area contributed by atoms with E-state index in [0.717, 1.165) is 5.56 Å². The molecule has 14 heteroatoms. The number of phenols is 2. The van der Waals surface area contributed by atoms with Crippen LogP contribution in [-0.4, -0.2) is 75.0 Å². The zero-order chi connectivity index (χ0) is 33.1. The number of aromatic hydroxyl groups is 2. The Morgan fingerprint density at radius 2 is 1.73 bits per heavy atom. The van der Waals surface area contributed by atoms with Crippen LogP contribution in [0.15, 0.2) is 42.5 Å². The minimum Gasteiger partial charge on any atom is -0.507 e. The summed E-state index contributed by atoms with van der Waals surface area (Å²) in [5.74, 6) is -3.19. The van der Waals surface area contributed by atoms with Crippen LogP contribution in [-0.2, 0) is 27.2 Å². The van der Waals surface area contributed by atoms with Crippen LogP contribution in [0.25, 0.3) is 0 Å². The number of benzene rings is 3. The van der Waals surface area contributed by atoms with Crippen LogP contribution in [0.2, 0.25) is 0 Å². The Kier molecular flexibility index (Phi) is 10.8. The Morgan fingerprint density at radius 3 is 2.40 bits per heavy atom. The number of halogens is 2. The molecule has 1 fully saturated rings. The van der Waals surface area contributed by atoms with Gasteiger partial charge in [0.15, 0.2) is 17.9 Å². The summed E-state index contributed by atoms with van der Waals surface area (Å²) in [6.45, 7) is 3.21. The van der Waals surface area contributed by atoms with Crippen LogP contribution < -0.4 is 15.8 Å². The molecule has 6 rings (SSSR count). The number of phenolic OH excluding ortho intramolecular Hbond substituents is 2. The number of para-hydroxylation sites is 1. The molecule has 3 aliphatic rings. The monoisotopic (exact) mass is 704 g/mol. The fourth-order valence-electron chi connectivity index (χ4n) is 6.76. The highest BCUT2D eigenvalue weighted by Crippen LogP contribution is 2.52. The number of aliphatic hydroxyl groups excluding tert-OH is 1. The van der Waals surface area contributed by atoms with Gasteiger partial charge in [0.2, 0.25) is 5.78 Å². The predicted molar refractivity (Wildman–Crippen MR) is 178 cm³/mol. The molecule has 258 valence electrons. The number of ketones is 3. The molecule has 48 heavy (non-hydrogen) atoms. The topological polar surface area (TPSA) is 198 Å². The lowest BCUT2D eigenvalue weighted by atomic mass is 9.72. The van der Waals surface area contributed by atoms with Crippen molar-refractivity contribution >= 4 is 47.9 Å². The number of carbonyl (C=O) groups excluding carboxylic acids is 3. The number of nitrogens with two attached hydrogens (primary N) is 1. The maximum Gasteiger partial charge on any atom is 0.202 e. The quantitative estimate of drug-likeness (QED) is 0.121. The number of Topliss-reactive ketones (excluding diaryl/α,β-unsaturated/α-hetero) is 1. The van der Waals surface area contributed by atoms with Crippen LogP contribution in [0.5, 0.6) is 17.2 Å². The zero-order valence-electron chi connectivity index (χ0n) is 26.4. The average molecular weight is 706 g/mol. The van der Waals surface area contributed by atoms with E-state index < -0.39 is 82.6 Å². The first-order valence-corrected chi connectivity index (χ1v) is 15.0. The van der Waals surface area contributed by atoms with Gasteiger partial charge in [-0.15, -0.1) is 24.8 Å². The number of aliphatic hydroxyl groups is 2. The van der Waals surface area contributed by atoms with Gasteiger partial charge in [0.1, 0.15) is 22.8 Å². The second-order valence-electron chi connectivity index (χ2n) is 12.2. The molecule has 0 spiro atoms. The van der Waals surface area contributed by atoms with Crippen molar-refractivity contribution in [3.8, 4) is 17.2 Å². The van der Waals surface area contributed by atoms with E-state index in [4.69, 9.17) is 19.9 Å². The predicted octanol–water partition coefficient (Wildman–Crippen LogP) is 3.29. The average Bonchev–Trinajstić information content (AvgIpc) is 3.02. The molecule has 2 aliphatic carbocycles. The highest BCUT2D eigenvalue weighted by Gasteiger charge is 2.49. The Labute approximate surface area is 289 Å². The smallest absolute Gasteiger partial charge is 0.202 e. The Morgan fingerprint density at radius 1 is 1.04 bits per heavy atom. The first-order valence-electron chi connectivity index (χ1n) is 15.0. The highest BCUT2D eigenvalue weighted by atomic mass is 35.5. The minimum atomic E-state index is -2.03. The summed E-state index contributed by atoms with van der Waals surface area (Å²) >= 11 is 0. The standard InChI is InChI=1S/C34H36N2O10.2ClH/c1-15-29(38)21(36-14-17-7-4-5-9-20(17)35)11-24(45-15)46-23-13-34(43,16(2)37)12-19-26(23)33(42)28-27(31(19)40)30(39)18-8-6-10-22(44-3)25(18)32(28)41;;/h4-10,15,21,23-24,29,36,38,40,42-43H,11-14,35H2,1-3H3;2*1H/t15-,21-,23-,24-,29+,34-;;/m0../s1. The fourth-order valence-corrected chi connectivity index (χ4v) is 6.76. The van der Waals surface area contributed by atoms with Gasteiger partial charge in [-0.2, -0.15) is 0 Å². The van der Waals surface area contributed by atoms with Crippen molar-refractivity contribution in [1.82, 2.24) is 5.32 Å². The van der Waals surface area contributed by atoms with Gasteiger partial charge in [0.05, 0.1) is 42.1 Å². The Balaban J connectivity index is 0.00000260.